The molecule has 0 saturated carbocycles. The second-order valence-corrected chi connectivity index (χ2v) is 2.89. The number of carbonyl (C=O) groups excluding carboxylic acids is 1. The van der Waals surface area contributed by atoms with Crippen molar-refractivity contribution < 1.29 is 4.79 Å². The third-order valence-corrected chi connectivity index (χ3v) is 1.84. The van der Waals surface area contributed by atoms with Gasteiger partial charge in [-0.2, -0.15) is 4.99 Å². The fraction of sp³-hybridized carbons (Fsp3) is 0.200. The van der Waals surface area contributed by atoms with E-state index >= 15 is 0 Å². The number of benzene rings is 1. The largest absolute Gasteiger partial charge is 0.370 e. The first-order valence-electron chi connectivity index (χ1n) is 4.36. The Kier molecular flexibility index (Phi) is 3.23. The van der Waals surface area contributed by atoms with E-state index in [1.165, 1.54) is 5.56 Å². The standard InChI is InChI=1S/C10H13N3O/c1-2-7-3-5-8(6-4-7)9(14)13-10(11)12/h3-6H,2H2,1H3,(H4,11,12,13,14). The predicted octanol–water partition coefficient (Wildman–Crippen LogP) is 0.663. The van der Waals surface area contributed by atoms with Gasteiger partial charge in [0.1, 0.15) is 0 Å². The van der Waals surface area contributed by atoms with Gasteiger partial charge >= 0.3 is 0 Å². The lowest BCUT2D eigenvalue weighted by Crippen LogP contribution is -2.24. The quantitative estimate of drug-likeness (QED) is 0.532. The molecule has 0 radical (unpaired) electrons. The molecule has 0 aliphatic carbocycles. The van der Waals surface area contributed by atoms with Gasteiger partial charge in [-0.05, 0) is 24.1 Å². The van der Waals surface area contributed by atoms with E-state index in [0.717, 1.165) is 6.42 Å². The first-order chi connectivity index (χ1) is 6.63. The fourth-order valence-corrected chi connectivity index (χ4v) is 1.06. The van der Waals surface area contributed by atoms with Crippen molar-refractivity contribution in [3.8, 4) is 0 Å². The highest BCUT2D eigenvalue weighted by Crippen LogP contribution is 2.06. The van der Waals surface area contributed by atoms with Gasteiger partial charge in [0.25, 0.3) is 5.91 Å². The number of nitrogens with two attached hydrogens (primary N) is 2. The van der Waals surface area contributed by atoms with Crippen LogP contribution in [-0.2, 0) is 6.42 Å². The number of aryl methyl sites for hydroxylation is 1. The van der Waals surface area contributed by atoms with Crippen molar-refractivity contribution >= 4 is 11.9 Å². The van der Waals surface area contributed by atoms with Gasteiger partial charge in [-0.3, -0.25) is 4.79 Å². The number of hydrogen-bond donors (Lipinski definition) is 2. The highest BCUT2D eigenvalue weighted by Gasteiger charge is 2.03. The molecule has 0 saturated heterocycles. The maximum Gasteiger partial charge on any atom is 0.280 e. The van der Waals surface area contributed by atoms with Crippen molar-refractivity contribution in [2.45, 2.75) is 13.3 Å². The van der Waals surface area contributed by atoms with Crippen LogP contribution in [0.4, 0.5) is 0 Å². The van der Waals surface area contributed by atoms with Crippen LogP contribution in [0.5, 0.6) is 0 Å². The van der Waals surface area contributed by atoms with Gasteiger partial charge in [0.15, 0.2) is 5.96 Å². The highest BCUT2D eigenvalue weighted by molar-refractivity contribution is 6.01. The van der Waals surface area contributed by atoms with Crippen LogP contribution in [0.15, 0.2) is 29.3 Å². The Bertz CT molecular complexity index is 350. The summed E-state index contributed by atoms with van der Waals surface area (Å²) in [4.78, 5) is 14.7. The van der Waals surface area contributed by atoms with Gasteiger partial charge in [-0.25, -0.2) is 0 Å². The zero-order valence-corrected chi connectivity index (χ0v) is 8.03. The number of aliphatic imine (C=N–C) groups is 1. The number of nitrogens with zero attached hydrogens (tertiary/aromatic N) is 1. The molecular weight excluding hydrogens is 178 g/mol. The Balaban J connectivity index is 2.87. The molecule has 1 aromatic carbocycles. The van der Waals surface area contributed by atoms with Gasteiger partial charge < -0.3 is 11.5 Å². The van der Waals surface area contributed by atoms with E-state index in [-0.39, 0.29) is 5.96 Å². The topological polar surface area (TPSA) is 81.5 Å². The maximum absolute atomic E-state index is 11.3. The Morgan fingerprint density at radius 2 is 1.86 bits per heavy atom. The van der Waals surface area contributed by atoms with Crippen LogP contribution in [-0.4, -0.2) is 11.9 Å². The number of guanidine groups is 1. The van der Waals surface area contributed by atoms with Crippen molar-refractivity contribution in [2.24, 2.45) is 16.5 Å². The lowest BCUT2D eigenvalue weighted by atomic mass is 10.1. The zero-order chi connectivity index (χ0) is 10.6. The summed E-state index contributed by atoms with van der Waals surface area (Å²) >= 11 is 0. The predicted molar refractivity (Wildman–Crippen MR) is 56.0 cm³/mol. The summed E-state index contributed by atoms with van der Waals surface area (Å²) in [6.45, 7) is 2.05. The molecule has 0 atom stereocenters. The van der Waals surface area contributed by atoms with Gasteiger partial charge in [-0.1, -0.05) is 19.1 Å². The maximum atomic E-state index is 11.3. The number of amides is 1. The lowest BCUT2D eigenvalue weighted by Gasteiger charge is -1.98. The average Bonchev–Trinajstić information content (AvgIpc) is 2.17. The van der Waals surface area contributed by atoms with Gasteiger partial charge in [0, 0.05) is 5.56 Å². The van der Waals surface area contributed by atoms with Gasteiger partial charge in [0.2, 0.25) is 0 Å². The van der Waals surface area contributed by atoms with E-state index < -0.39 is 5.91 Å². The van der Waals surface area contributed by atoms with Crippen LogP contribution >= 0.6 is 0 Å². The van der Waals surface area contributed by atoms with Crippen LogP contribution in [0.1, 0.15) is 22.8 Å². The molecule has 0 heterocycles. The summed E-state index contributed by atoms with van der Waals surface area (Å²) in [5.41, 5.74) is 11.9. The summed E-state index contributed by atoms with van der Waals surface area (Å²) in [5.74, 6) is -0.623. The molecule has 0 aliphatic heterocycles. The Morgan fingerprint density at radius 1 is 1.29 bits per heavy atom. The van der Waals surface area contributed by atoms with Crippen molar-refractivity contribution in [1.29, 1.82) is 0 Å². The molecule has 0 fully saturated rings. The van der Waals surface area contributed by atoms with Crippen LogP contribution in [0.2, 0.25) is 0 Å². The molecule has 1 rings (SSSR count). The molecule has 14 heavy (non-hydrogen) atoms. The number of rotatable bonds is 2. The molecule has 0 spiro atoms. The summed E-state index contributed by atoms with van der Waals surface area (Å²) in [7, 11) is 0. The van der Waals surface area contributed by atoms with E-state index in [9.17, 15) is 4.79 Å². The lowest BCUT2D eigenvalue weighted by molar-refractivity contribution is 0.100. The minimum Gasteiger partial charge on any atom is -0.370 e. The number of hydrogen-bond acceptors (Lipinski definition) is 1. The van der Waals surface area contributed by atoms with E-state index in [4.69, 9.17) is 11.5 Å². The molecule has 0 aliphatic rings. The summed E-state index contributed by atoms with van der Waals surface area (Å²) in [5, 5.41) is 0. The Labute approximate surface area is 82.6 Å². The molecular formula is C10H13N3O. The Morgan fingerprint density at radius 3 is 2.29 bits per heavy atom. The minimum atomic E-state index is -0.410. The highest BCUT2D eigenvalue weighted by atomic mass is 16.1. The molecule has 4 nitrogen and oxygen atoms in total. The average molecular weight is 191 g/mol. The van der Waals surface area contributed by atoms with Crippen molar-refractivity contribution in [2.75, 3.05) is 0 Å². The zero-order valence-electron chi connectivity index (χ0n) is 8.03. The smallest absolute Gasteiger partial charge is 0.280 e. The fourth-order valence-electron chi connectivity index (χ4n) is 1.06. The van der Waals surface area contributed by atoms with E-state index in [1.54, 1.807) is 12.1 Å². The van der Waals surface area contributed by atoms with E-state index in [1.807, 2.05) is 19.1 Å². The van der Waals surface area contributed by atoms with Gasteiger partial charge in [-0.15, -0.1) is 0 Å². The SMILES string of the molecule is CCc1ccc(C(=O)N=C(N)N)cc1. The third-order valence-electron chi connectivity index (χ3n) is 1.84. The van der Waals surface area contributed by atoms with Crippen LogP contribution < -0.4 is 11.5 Å². The van der Waals surface area contributed by atoms with E-state index in [2.05, 4.69) is 4.99 Å². The molecule has 4 heteroatoms. The molecule has 4 N–H and O–H groups in total. The molecule has 0 aromatic heterocycles. The summed E-state index contributed by atoms with van der Waals surface area (Å²) in [6, 6.07) is 7.20. The monoisotopic (exact) mass is 191 g/mol. The van der Waals surface area contributed by atoms with Crippen LogP contribution in [0, 0.1) is 0 Å². The number of carbonyl (C=O) groups is 1. The second kappa shape index (κ2) is 4.41. The molecule has 0 bridgehead atoms. The summed E-state index contributed by atoms with van der Waals surface area (Å²) in [6.07, 6.45) is 0.941. The molecule has 0 unspecified atom stereocenters. The molecule has 74 valence electrons. The normalized spacial score (nSPS) is 9.50. The van der Waals surface area contributed by atoms with Crippen LogP contribution in [0.25, 0.3) is 0 Å². The first-order valence-corrected chi connectivity index (χ1v) is 4.36. The molecule has 1 amide bonds. The van der Waals surface area contributed by atoms with Crippen LogP contribution in [0.3, 0.4) is 0 Å². The third kappa shape index (κ3) is 2.58. The van der Waals surface area contributed by atoms with Crippen molar-refractivity contribution in [3.05, 3.63) is 35.4 Å². The summed E-state index contributed by atoms with van der Waals surface area (Å²) < 4.78 is 0. The minimum absolute atomic E-state index is 0.213. The van der Waals surface area contributed by atoms with E-state index in [0.29, 0.717) is 5.56 Å². The second-order valence-electron chi connectivity index (χ2n) is 2.89. The van der Waals surface area contributed by atoms with Crippen molar-refractivity contribution in [3.63, 3.8) is 0 Å². The molecule has 1 aromatic rings. The van der Waals surface area contributed by atoms with Crippen molar-refractivity contribution in [1.82, 2.24) is 0 Å². The Hall–Kier alpha value is -1.84. The first kappa shape index (κ1) is 10.2. The van der Waals surface area contributed by atoms with Gasteiger partial charge in [0.05, 0.1) is 0 Å².